The highest BCUT2D eigenvalue weighted by atomic mass is 79.9. The van der Waals surface area contributed by atoms with Crippen molar-refractivity contribution in [1.29, 1.82) is 0 Å². The first-order chi connectivity index (χ1) is 9.31. The molecule has 0 fully saturated rings. The molecule has 0 atom stereocenters. The molecule has 0 saturated heterocycles. The third kappa shape index (κ3) is 4.01. The minimum atomic E-state index is 0.734. The van der Waals surface area contributed by atoms with Crippen molar-refractivity contribution in [3.63, 3.8) is 0 Å². The Kier molecular flexibility index (Phi) is 5.30. The van der Waals surface area contributed by atoms with E-state index in [4.69, 9.17) is 5.73 Å². The van der Waals surface area contributed by atoms with E-state index in [1.54, 1.807) is 12.4 Å². The molecule has 1 aromatic carbocycles. The van der Waals surface area contributed by atoms with Gasteiger partial charge in [-0.2, -0.15) is 0 Å². The molecule has 0 saturated carbocycles. The number of nitrogens with one attached hydrogen (secondary N) is 1. The van der Waals surface area contributed by atoms with Crippen LogP contribution in [0.5, 0.6) is 0 Å². The Morgan fingerprint density at radius 1 is 1.21 bits per heavy atom. The van der Waals surface area contributed by atoms with Crippen molar-refractivity contribution in [3.05, 3.63) is 54.2 Å². The van der Waals surface area contributed by atoms with Crippen molar-refractivity contribution >= 4 is 39.3 Å². The normalized spacial score (nSPS) is 10.8. The van der Waals surface area contributed by atoms with Gasteiger partial charge in [-0.3, -0.25) is 4.98 Å². The third-order valence-electron chi connectivity index (χ3n) is 2.49. The summed E-state index contributed by atoms with van der Waals surface area (Å²) in [6.45, 7) is 0. The Balaban J connectivity index is 2.18. The van der Waals surface area contributed by atoms with Gasteiger partial charge in [-0.25, -0.2) is 0 Å². The maximum absolute atomic E-state index is 5.96. The maximum atomic E-state index is 5.96. The van der Waals surface area contributed by atoms with E-state index in [0.717, 1.165) is 27.8 Å². The molecule has 0 radical (unpaired) electrons. The number of hydrogen-bond acceptors (Lipinski definition) is 4. The van der Waals surface area contributed by atoms with Crippen LogP contribution in [0.15, 0.2) is 54.2 Å². The van der Waals surface area contributed by atoms with E-state index in [1.165, 1.54) is 11.9 Å². The van der Waals surface area contributed by atoms with Crippen LogP contribution in [0.2, 0.25) is 0 Å². The molecule has 3 nitrogen and oxygen atoms in total. The number of pyridine rings is 1. The number of allylic oxidation sites excluding steroid dienone is 1. The largest absolute Gasteiger partial charge is 0.397 e. The van der Waals surface area contributed by atoms with Crippen LogP contribution in [0, 0.1) is 0 Å². The standard InChI is InChI=1S/C14H14BrN3S/c15-6-1-9-19-18-14-10-12(2-3-13(14)16)11-4-7-17-8-5-11/h1-5,7-10,18H,6,16H2/b9-1+. The first-order valence-corrected chi connectivity index (χ1v) is 7.74. The minimum absolute atomic E-state index is 0.734. The van der Waals surface area contributed by atoms with E-state index in [1.807, 2.05) is 41.8 Å². The average Bonchev–Trinajstić information content (AvgIpc) is 2.46. The molecule has 19 heavy (non-hydrogen) atoms. The average molecular weight is 336 g/mol. The smallest absolute Gasteiger partial charge is 0.0681 e. The number of halogens is 1. The van der Waals surface area contributed by atoms with Gasteiger partial charge < -0.3 is 10.5 Å². The van der Waals surface area contributed by atoms with Gasteiger partial charge in [-0.05, 0) is 52.7 Å². The lowest BCUT2D eigenvalue weighted by Crippen LogP contribution is -1.93. The van der Waals surface area contributed by atoms with E-state index >= 15 is 0 Å². The predicted molar refractivity (Wildman–Crippen MR) is 88.2 cm³/mol. The first kappa shape index (κ1) is 14.0. The lowest BCUT2D eigenvalue weighted by molar-refractivity contribution is 1.33. The molecule has 0 amide bonds. The number of hydrogen-bond donors (Lipinski definition) is 2. The molecule has 5 heteroatoms. The summed E-state index contributed by atoms with van der Waals surface area (Å²) in [4.78, 5) is 4.02. The lowest BCUT2D eigenvalue weighted by atomic mass is 10.1. The molecular weight excluding hydrogens is 322 g/mol. The van der Waals surface area contributed by atoms with Gasteiger partial charge in [-0.15, -0.1) is 0 Å². The summed E-state index contributed by atoms with van der Waals surface area (Å²) in [5.41, 5.74) is 9.85. The van der Waals surface area contributed by atoms with Crippen LogP contribution in [0.25, 0.3) is 11.1 Å². The number of alkyl halides is 1. The van der Waals surface area contributed by atoms with Crippen LogP contribution < -0.4 is 10.5 Å². The summed E-state index contributed by atoms with van der Waals surface area (Å²) < 4.78 is 3.23. The molecule has 2 rings (SSSR count). The minimum Gasteiger partial charge on any atom is -0.397 e. The molecule has 2 aromatic rings. The van der Waals surface area contributed by atoms with Crippen LogP contribution in [0.3, 0.4) is 0 Å². The van der Waals surface area contributed by atoms with Gasteiger partial charge in [0.1, 0.15) is 0 Å². The molecule has 3 N–H and O–H groups in total. The summed E-state index contributed by atoms with van der Waals surface area (Å²) >= 11 is 4.83. The number of rotatable bonds is 5. The van der Waals surface area contributed by atoms with Gasteiger partial charge in [0.2, 0.25) is 0 Å². The summed E-state index contributed by atoms with van der Waals surface area (Å²) in [6.07, 6.45) is 5.58. The molecule has 0 aliphatic rings. The molecule has 1 heterocycles. The Bertz CT molecular complexity index is 558. The fourth-order valence-electron chi connectivity index (χ4n) is 1.55. The van der Waals surface area contributed by atoms with Crippen LogP contribution in [-0.2, 0) is 0 Å². The quantitative estimate of drug-likeness (QED) is 0.486. The molecule has 0 aliphatic heterocycles. The van der Waals surface area contributed by atoms with E-state index in [-0.39, 0.29) is 0 Å². The molecular formula is C14H14BrN3S. The van der Waals surface area contributed by atoms with Crippen LogP contribution in [0.4, 0.5) is 11.4 Å². The number of aromatic nitrogens is 1. The van der Waals surface area contributed by atoms with Gasteiger partial charge in [0, 0.05) is 17.7 Å². The number of anilines is 2. The number of benzene rings is 1. The maximum Gasteiger partial charge on any atom is 0.0681 e. The summed E-state index contributed by atoms with van der Waals surface area (Å²) in [5, 5.41) is 2.82. The van der Waals surface area contributed by atoms with Crippen molar-refractivity contribution in [3.8, 4) is 11.1 Å². The van der Waals surface area contributed by atoms with E-state index in [0.29, 0.717) is 0 Å². The number of nitrogens with two attached hydrogens (primary N) is 1. The molecule has 0 spiro atoms. The van der Waals surface area contributed by atoms with Crippen molar-refractivity contribution < 1.29 is 0 Å². The van der Waals surface area contributed by atoms with Crippen LogP contribution in [0.1, 0.15) is 0 Å². The first-order valence-electron chi connectivity index (χ1n) is 5.74. The SMILES string of the molecule is Nc1ccc(-c2ccncc2)cc1NS/C=C/CBr. The fourth-order valence-corrected chi connectivity index (χ4v) is 2.55. The Morgan fingerprint density at radius 3 is 2.74 bits per heavy atom. The topological polar surface area (TPSA) is 50.9 Å². The van der Waals surface area contributed by atoms with Gasteiger partial charge in [0.05, 0.1) is 11.4 Å². The van der Waals surface area contributed by atoms with E-state index in [2.05, 4.69) is 25.6 Å². The highest BCUT2D eigenvalue weighted by molar-refractivity contribution is 9.09. The van der Waals surface area contributed by atoms with E-state index in [9.17, 15) is 0 Å². The molecule has 98 valence electrons. The highest BCUT2D eigenvalue weighted by Gasteiger charge is 2.02. The van der Waals surface area contributed by atoms with E-state index < -0.39 is 0 Å². The van der Waals surface area contributed by atoms with Gasteiger partial charge in [-0.1, -0.05) is 28.1 Å². The molecule has 0 bridgehead atoms. The lowest BCUT2D eigenvalue weighted by Gasteiger charge is -2.09. The second kappa shape index (κ2) is 7.21. The zero-order valence-corrected chi connectivity index (χ0v) is 12.6. The Labute approximate surface area is 125 Å². The highest BCUT2D eigenvalue weighted by Crippen LogP contribution is 2.28. The zero-order chi connectivity index (χ0) is 13.5. The van der Waals surface area contributed by atoms with Crippen molar-refractivity contribution in [2.24, 2.45) is 0 Å². The summed E-state index contributed by atoms with van der Waals surface area (Å²) in [7, 11) is 0. The number of nitrogens with zero attached hydrogens (tertiary/aromatic N) is 1. The van der Waals surface area contributed by atoms with Gasteiger partial charge >= 0.3 is 0 Å². The van der Waals surface area contributed by atoms with Gasteiger partial charge in [0.15, 0.2) is 0 Å². The van der Waals surface area contributed by atoms with Crippen molar-refractivity contribution in [2.45, 2.75) is 0 Å². The second-order valence-electron chi connectivity index (χ2n) is 3.78. The Hall–Kier alpha value is -1.46. The summed E-state index contributed by atoms with van der Waals surface area (Å²) in [6, 6.07) is 9.92. The molecule has 0 unspecified atom stereocenters. The van der Waals surface area contributed by atoms with Crippen molar-refractivity contribution in [1.82, 2.24) is 4.98 Å². The second-order valence-corrected chi connectivity index (χ2v) is 5.14. The third-order valence-corrected chi connectivity index (χ3v) is 3.53. The molecule has 1 aromatic heterocycles. The monoisotopic (exact) mass is 335 g/mol. The Morgan fingerprint density at radius 2 is 2.00 bits per heavy atom. The van der Waals surface area contributed by atoms with Crippen molar-refractivity contribution in [2.75, 3.05) is 15.8 Å². The molecule has 0 aliphatic carbocycles. The number of nitrogen functional groups attached to an aromatic ring is 1. The van der Waals surface area contributed by atoms with Gasteiger partial charge in [0.25, 0.3) is 0 Å². The predicted octanol–water partition coefficient (Wildman–Crippen LogP) is 4.30. The van der Waals surface area contributed by atoms with Crippen LogP contribution in [-0.4, -0.2) is 10.3 Å². The van der Waals surface area contributed by atoms with Crippen LogP contribution >= 0.6 is 27.9 Å². The summed E-state index contributed by atoms with van der Waals surface area (Å²) in [5.74, 6) is 0. The zero-order valence-electron chi connectivity index (χ0n) is 10.2. The fraction of sp³-hybridized carbons (Fsp3) is 0.0714.